The fourth-order valence-electron chi connectivity index (χ4n) is 3.09. The summed E-state index contributed by atoms with van der Waals surface area (Å²) in [5.74, 6) is -0.809. The molecule has 1 aromatic carbocycles. The zero-order chi connectivity index (χ0) is 21.8. The zero-order valence-corrected chi connectivity index (χ0v) is 17.6. The van der Waals surface area contributed by atoms with Crippen LogP contribution in [0, 0.1) is 0 Å². The first-order chi connectivity index (χ1) is 14.3. The lowest BCUT2D eigenvalue weighted by molar-refractivity contribution is -0.294. The highest BCUT2D eigenvalue weighted by atomic mass is 79.9. The number of esters is 1. The van der Waals surface area contributed by atoms with Crippen LogP contribution in [0.5, 0.6) is 0 Å². The summed E-state index contributed by atoms with van der Waals surface area (Å²) in [5.41, 5.74) is 0.539. The van der Waals surface area contributed by atoms with Crippen molar-refractivity contribution in [1.82, 2.24) is 4.57 Å². The van der Waals surface area contributed by atoms with E-state index in [1.165, 1.54) is 23.9 Å². The number of nitrogens with zero attached hydrogens (tertiary/aromatic N) is 1. The van der Waals surface area contributed by atoms with Crippen molar-refractivity contribution in [3.63, 3.8) is 0 Å². The Kier molecular flexibility index (Phi) is 7.40. The number of carbonyl (C=O) groups is 1. The molecule has 1 aromatic heterocycles. The maximum atomic E-state index is 12.6. The van der Waals surface area contributed by atoms with E-state index in [1.54, 1.807) is 0 Å². The number of ether oxygens (including phenoxy) is 3. The van der Waals surface area contributed by atoms with Gasteiger partial charge in [0.15, 0.2) is 6.29 Å². The molecule has 1 aliphatic rings. The van der Waals surface area contributed by atoms with Crippen LogP contribution in [-0.2, 0) is 20.8 Å². The maximum Gasteiger partial charge on any atom is 0.339 e. The van der Waals surface area contributed by atoms with Gasteiger partial charge >= 0.3 is 5.97 Å². The third-order valence-electron chi connectivity index (χ3n) is 4.80. The minimum atomic E-state index is -1.53. The Bertz CT molecular complexity index is 932. The molecular formula is C20H22BrNO8. The number of aromatic nitrogens is 1. The van der Waals surface area contributed by atoms with Gasteiger partial charge in [0.05, 0.1) is 16.6 Å². The Hall–Kier alpha value is -2.08. The van der Waals surface area contributed by atoms with Crippen molar-refractivity contribution in [1.29, 1.82) is 0 Å². The molecule has 2 aromatic rings. The van der Waals surface area contributed by atoms with Gasteiger partial charge in [0, 0.05) is 13.3 Å². The SMILES string of the molecule is CO[C@@H]1O[C@H](COC(=O)c2ccn(Cc3ccccc3)c(=O)c2Br)[C@@H](O)[C@H](O)[C@H]1O. The van der Waals surface area contributed by atoms with E-state index >= 15 is 0 Å². The summed E-state index contributed by atoms with van der Waals surface area (Å²) in [7, 11) is 1.27. The lowest BCUT2D eigenvalue weighted by Gasteiger charge is -2.39. The summed E-state index contributed by atoms with van der Waals surface area (Å²) in [4.78, 5) is 25.0. The van der Waals surface area contributed by atoms with Gasteiger partial charge < -0.3 is 34.1 Å². The lowest BCUT2D eigenvalue weighted by atomic mass is 9.99. The van der Waals surface area contributed by atoms with Gasteiger partial charge in [-0.2, -0.15) is 0 Å². The van der Waals surface area contributed by atoms with Crippen LogP contribution in [0.3, 0.4) is 0 Å². The van der Waals surface area contributed by atoms with Gasteiger partial charge in [-0.1, -0.05) is 30.3 Å². The molecular weight excluding hydrogens is 462 g/mol. The quantitative estimate of drug-likeness (QED) is 0.499. The van der Waals surface area contributed by atoms with Crippen LogP contribution in [0.4, 0.5) is 0 Å². The number of halogens is 1. The van der Waals surface area contributed by atoms with Gasteiger partial charge in [-0.3, -0.25) is 4.79 Å². The first-order valence-corrected chi connectivity index (χ1v) is 9.95. The minimum Gasteiger partial charge on any atom is -0.459 e. The predicted molar refractivity (Wildman–Crippen MR) is 108 cm³/mol. The van der Waals surface area contributed by atoms with Gasteiger partial charge in [0.25, 0.3) is 5.56 Å². The van der Waals surface area contributed by atoms with Gasteiger partial charge in [-0.15, -0.1) is 0 Å². The number of benzene rings is 1. The van der Waals surface area contributed by atoms with Crippen LogP contribution in [0.1, 0.15) is 15.9 Å². The van der Waals surface area contributed by atoms with E-state index in [1.807, 2.05) is 30.3 Å². The van der Waals surface area contributed by atoms with Crippen molar-refractivity contribution in [2.75, 3.05) is 13.7 Å². The molecule has 1 saturated heterocycles. The summed E-state index contributed by atoms with van der Waals surface area (Å²) in [5, 5.41) is 29.7. The topological polar surface area (TPSA) is 127 Å². The molecule has 2 heterocycles. The predicted octanol–water partition coefficient (Wildman–Crippen LogP) is 0.270. The number of pyridine rings is 1. The highest BCUT2D eigenvalue weighted by Crippen LogP contribution is 2.22. The zero-order valence-electron chi connectivity index (χ0n) is 16.1. The smallest absolute Gasteiger partial charge is 0.339 e. The minimum absolute atomic E-state index is 0.0125. The second-order valence-corrected chi connectivity index (χ2v) is 7.60. The molecule has 9 nitrogen and oxygen atoms in total. The highest BCUT2D eigenvalue weighted by Gasteiger charge is 2.44. The van der Waals surface area contributed by atoms with E-state index in [0.29, 0.717) is 6.54 Å². The van der Waals surface area contributed by atoms with Crippen molar-refractivity contribution in [3.8, 4) is 0 Å². The molecule has 0 unspecified atom stereocenters. The standard InChI is InChI=1S/C20H22BrNO8/c1-28-20-17(25)16(24)15(23)13(30-20)10-29-19(27)12-7-8-22(18(26)14(12)21)9-11-5-3-2-4-6-11/h2-8,13,15-17,20,23-25H,9-10H2,1H3/t13-,15-,16+,17-,20-/m1/s1. The van der Waals surface area contributed by atoms with Gasteiger partial charge in [-0.05, 0) is 27.6 Å². The van der Waals surface area contributed by atoms with Gasteiger partial charge in [-0.25, -0.2) is 4.79 Å². The van der Waals surface area contributed by atoms with Crippen LogP contribution in [0.2, 0.25) is 0 Å². The van der Waals surface area contributed by atoms with Crippen molar-refractivity contribution >= 4 is 21.9 Å². The van der Waals surface area contributed by atoms with Crippen LogP contribution in [-0.4, -0.2) is 70.3 Å². The van der Waals surface area contributed by atoms with Crippen LogP contribution >= 0.6 is 15.9 Å². The summed E-state index contributed by atoms with van der Waals surface area (Å²) in [6.45, 7) is -0.0719. The largest absolute Gasteiger partial charge is 0.459 e. The normalized spacial score (nSPS) is 26.4. The van der Waals surface area contributed by atoms with Crippen molar-refractivity contribution in [3.05, 3.63) is 68.5 Å². The molecule has 3 N–H and O–H groups in total. The van der Waals surface area contributed by atoms with Crippen LogP contribution < -0.4 is 5.56 Å². The Morgan fingerprint density at radius 1 is 1.13 bits per heavy atom. The lowest BCUT2D eigenvalue weighted by Crippen LogP contribution is -2.59. The van der Waals surface area contributed by atoms with Crippen molar-refractivity contribution in [2.45, 2.75) is 37.3 Å². The Morgan fingerprint density at radius 3 is 2.50 bits per heavy atom. The molecule has 1 aliphatic heterocycles. The first kappa shape index (κ1) is 22.6. The summed E-state index contributed by atoms with van der Waals surface area (Å²) >= 11 is 3.15. The Labute approximate surface area is 180 Å². The number of hydrogen-bond acceptors (Lipinski definition) is 8. The fraction of sp³-hybridized carbons (Fsp3) is 0.400. The van der Waals surface area contributed by atoms with Crippen molar-refractivity contribution < 1.29 is 34.3 Å². The Morgan fingerprint density at radius 2 is 1.83 bits per heavy atom. The molecule has 5 atom stereocenters. The molecule has 30 heavy (non-hydrogen) atoms. The van der Waals surface area contributed by atoms with Crippen LogP contribution in [0.25, 0.3) is 0 Å². The molecule has 0 amide bonds. The van der Waals surface area contributed by atoms with Crippen LogP contribution in [0.15, 0.2) is 51.9 Å². The number of aliphatic hydroxyl groups is 3. The highest BCUT2D eigenvalue weighted by molar-refractivity contribution is 9.10. The second-order valence-electron chi connectivity index (χ2n) is 6.81. The summed E-state index contributed by atoms with van der Waals surface area (Å²) in [6.07, 6.45) is -5.26. The van der Waals surface area contributed by atoms with Gasteiger partial charge in [0.2, 0.25) is 0 Å². The van der Waals surface area contributed by atoms with E-state index in [2.05, 4.69) is 15.9 Å². The molecule has 0 saturated carbocycles. The number of hydrogen-bond donors (Lipinski definition) is 3. The van der Waals surface area contributed by atoms with E-state index in [0.717, 1.165) is 5.56 Å². The number of carbonyl (C=O) groups excluding carboxylic acids is 1. The Balaban J connectivity index is 1.68. The maximum absolute atomic E-state index is 12.6. The average Bonchev–Trinajstić information content (AvgIpc) is 2.75. The second kappa shape index (κ2) is 9.82. The number of aliphatic hydroxyl groups excluding tert-OH is 3. The van der Waals surface area contributed by atoms with E-state index < -0.39 is 48.8 Å². The summed E-state index contributed by atoms with van der Waals surface area (Å²) in [6, 6.07) is 10.8. The average molecular weight is 484 g/mol. The third kappa shape index (κ3) is 4.80. The molecule has 3 rings (SSSR count). The molecule has 0 spiro atoms. The summed E-state index contributed by atoms with van der Waals surface area (Å²) < 4.78 is 16.9. The number of methoxy groups -OCH3 is 1. The molecule has 0 radical (unpaired) electrons. The van der Waals surface area contributed by atoms with E-state index in [9.17, 15) is 24.9 Å². The van der Waals surface area contributed by atoms with Crippen molar-refractivity contribution in [2.24, 2.45) is 0 Å². The molecule has 1 fully saturated rings. The molecule has 162 valence electrons. The third-order valence-corrected chi connectivity index (χ3v) is 5.57. The monoisotopic (exact) mass is 483 g/mol. The number of rotatable bonds is 6. The molecule has 0 aliphatic carbocycles. The molecule has 0 bridgehead atoms. The van der Waals surface area contributed by atoms with E-state index in [-0.39, 0.29) is 10.0 Å². The van der Waals surface area contributed by atoms with E-state index in [4.69, 9.17) is 14.2 Å². The van der Waals surface area contributed by atoms with Gasteiger partial charge in [0.1, 0.15) is 31.0 Å². The first-order valence-electron chi connectivity index (χ1n) is 9.16. The fourth-order valence-corrected chi connectivity index (χ4v) is 3.62. The molecule has 10 heteroatoms.